The third-order valence-corrected chi connectivity index (χ3v) is 6.54. The van der Waals surface area contributed by atoms with Gasteiger partial charge in [-0.2, -0.15) is 0 Å². The highest BCUT2D eigenvalue weighted by molar-refractivity contribution is 7.18. The molecule has 31 heavy (non-hydrogen) atoms. The summed E-state index contributed by atoms with van der Waals surface area (Å²) in [6, 6.07) is 12.7. The van der Waals surface area contributed by atoms with Crippen molar-refractivity contribution in [3.63, 3.8) is 0 Å². The van der Waals surface area contributed by atoms with Crippen molar-refractivity contribution in [1.82, 2.24) is 14.8 Å². The van der Waals surface area contributed by atoms with Gasteiger partial charge < -0.3 is 10.2 Å². The van der Waals surface area contributed by atoms with Gasteiger partial charge in [-0.3, -0.25) is 19.8 Å². The Hall–Kier alpha value is -2.88. The maximum atomic E-state index is 12.4. The number of rotatable bonds is 7. The van der Waals surface area contributed by atoms with E-state index in [1.807, 2.05) is 25.1 Å². The minimum Gasteiger partial charge on any atom is -0.326 e. The first-order valence-corrected chi connectivity index (χ1v) is 11.1. The summed E-state index contributed by atoms with van der Waals surface area (Å²) < 4.78 is 1.22. The van der Waals surface area contributed by atoms with Crippen LogP contribution >= 0.6 is 11.3 Å². The number of nitro groups is 1. The smallest absolute Gasteiger partial charge is 0.271 e. The predicted molar refractivity (Wildman–Crippen MR) is 122 cm³/mol. The standard InChI is InChI=1S/C22H25N5O3S/c1-16-6-7-17(27(29)30)14-19(16)23-21(28)8-9-25-10-12-26(13-11-25)15-22-24-18-4-2-3-5-20(18)31-22/h2-7,14H,8-13,15H2,1H3,(H,23,28). The van der Waals surface area contributed by atoms with Gasteiger partial charge in [-0.25, -0.2) is 4.98 Å². The highest BCUT2D eigenvalue weighted by atomic mass is 32.1. The van der Waals surface area contributed by atoms with Crippen LogP contribution in [-0.2, 0) is 11.3 Å². The second-order valence-corrected chi connectivity index (χ2v) is 8.86. The quantitative estimate of drug-likeness (QED) is 0.446. The minimum atomic E-state index is -0.455. The summed E-state index contributed by atoms with van der Waals surface area (Å²) in [5.41, 5.74) is 2.35. The molecule has 1 aliphatic heterocycles. The van der Waals surface area contributed by atoms with Crippen molar-refractivity contribution < 1.29 is 9.72 Å². The fourth-order valence-electron chi connectivity index (χ4n) is 3.68. The molecule has 0 aliphatic carbocycles. The van der Waals surface area contributed by atoms with Gasteiger partial charge in [0.25, 0.3) is 5.69 Å². The van der Waals surface area contributed by atoms with Crippen molar-refractivity contribution in [3.05, 3.63) is 63.1 Å². The van der Waals surface area contributed by atoms with Crippen molar-refractivity contribution in [2.75, 3.05) is 38.0 Å². The van der Waals surface area contributed by atoms with Gasteiger partial charge in [-0.1, -0.05) is 18.2 Å². The fraction of sp³-hybridized carbons (Fsp3) is 0.364. The second-order valence-electron chi connectivity index (χ2n) is 7.75. The van der Waals surface area contributed by atoms with Gasteiger partial charge in [0.1, 0.15) is 5.01 Å². The molecule has 4 rings (SSSR count). The zero-order valence-corrected chi connectivity index (χ0v) is 18.2. The number of non-ortho nitro benzene ring substituents is 1. The SMILES string of the molecule is Cc1ccc([N+](=O)[O-])cc1NC(=O)CCN1CCN(Cc2nc3ccccc3s2)CC1. The number of thiazole rings is 1. The van der Waals surface area contributed by atoms with Gasteiger partial charge >= 0.3 is 0 Å². The number of hydrogen-bond donors (Lipinski definition) is 1. The van der Waals surface area contributed by atoms with Crippen LogP contribution < -0.4 is 5.32 Å². The summed E-state index contributed by atoms with van der Waals surface area (Å²) in [7, 11) is 0. The van der Waals surface area contributed by atoms with Crippen LogP contribution in [0.5, 0.6) is 0 Å². The molecule has 8 nitrogen and oxygen atoms in total. The molecule has 9 heteroatoms. The Morgan fingerprint density at radius 1 is 1.16 bits per heavy atom. The number of nitrogens with one attached hydrogen (secondary N) is 1. The number of carbonyl (C=O) groups is 1. The molecule has 162 valence electrons. The van der Waals surface area contributed by atoms with Crippen LogP contribution in [0.3, 0.4) is 0 Å². The van der Waals surface area contributed by atoms with E-state index in [0.717, 1.165) is 48.8 Å². The van der Waals surface area contributed by atoms with Crippen LogP contribution in [0.25, 0.3) is 10.2 Å². The third-order valence-electron chi connectivity index (χ3n) is 5.52. The van der Waals surface area contributed by atoms with Gasteiger partial charge in [0.15, 0.2) is 0 Å². The summed E-state index contributed by atoms with van der Waals surface area (Å²) in [6.45, 7) is 7.07. The minimum absolute atomic E-state index is 0.0230. The lowest BCUT2D eigenvalue weighted by molar-refractivity contribution is -0.384. The first-order chi connectivity index (χ1) is 15.0. The van der Waals surface area contributed by atoms with Crippen LogP contribution in [0, 0.1) is 17.0 Å². The fourth-order valence-corrected chi connectivity index (χ4v) is 4.69. The number of nitrogens with zero attached hydrogens (tertiary/aromatic N) is 4. The molecule has 0 radical (unpaired) electrons. The van der Waals surface area contributed by atoms with Gasteiger partial charge in [-0.05, 0) is 24.6 Å². The summed E-state index contributed by atoms with van der Waals surface area (Å²) in [5.74, 6) is -0.125. The number of piperazine rings is 1. The normalized spacial score (nSPS) is 15.3. The van der Waals surface area contributed by atoms with E-state index in [0.29, 0.717) is 18.7 Å². The van der Waals surface area contributed by atoms with Crippen molar-refractivity contribution in [2.45, 2.75) is 19.9 Å². The van der Waals surface area contributed by atoms with Crippen molar-refractivity contribution in [1.29, 1.82) is 0 Å². The molecule has 0 atom stereocenters. The number of carbonyl (C=O) groups excluding carboxylic acids is 1. The molecule has 1 aromatic heterocycles. The number of aromatic nitrogens is 1. The monoisotopic (exact) mass is 439 g/mol. The van der Waals surface area contributed by atoms with Crippen molar-refractivity contribution in [2.24, 2.45) is 0 Å². The summed E-state index contributed by atoms with van der Waals surface area (Å²) in [4.78, 5) is 32.3. The Balaban J connectivity index is 1.22. The highest BCUT2D eigenvalue weighted by Crippen LogP contribution is 2.23. The lowest BCUT2D eigenvalue weighted by Gasteiger charge is -2.34. The third kappa shape index (κ3) is 5.43. The molecule has 1 N–H and O–H groups in total. The number of hydrogen-bond acceptors (Lipinski definition) is 7. The van der Waals surface area contributed by atoms with Crippen LogP contribution in [-0.4, -0.2) is 58.3 Å². The number of nitro benzene ring substituents is 1. The molecule has 1 aliphatic rings. The van der Waals surface area contributed by atoms with Crippen LogP contribution in [0.15, 0.2) is 42.5 Å². The predicted octanol–water partition coefficient (Wildman–Crippen LogP) is 3.66. The Kier molecular flexibility index (Phi) is 6.55. The van der Waals surface area contributed by atoms with Crippen molar-refractivity contribution >= 4 is 38.8 Å². The summed E-state index contributed by atoms with van der Waals surface area (Å²) in [6.07, 6.45) is 0.361. The molecule has 1 amide bonds. The number of aryl methyl sites for hydroxylation is 1. The molecule has 0 bridgehead atoms. The molecule has 2 aromatic carbocycles. The maximum absolute atomic E-state index is 12.4. The Bertz CT molecular complexity index is 1060. The van der Waals surface area contributed by atoms with E-state index in [1.54, 1.807) is 17.4 Å². The highest BCUT2D eigenvalue weighted by Gasteiger charge is 2.19. The average molecular weight is 440 g/mol. The van der Waals surface area contributed by atoms with E-state index in [4.69, 9.17) is 4.98 Å². The van der Waals surface area contributed by atoms with Gasteiger partial charge in [-0.15, -0.1) is 11.3 Å². The number of amides is 1. The zero-order chi connectivity index (χ0) is 21.8. The molecule has 2 heterocycles. The first kappa shape index (κ1) is 21.4. The van der Waals surface area contributed by atoms with Gasteiger partial charge in [0.05, 0.1) is 27.4 Å². The number of anilines is 1. The Morgan fingerprint density at radius 2 is 1.90 bits per heavy atom. The van der Waals surface area contributed by atoms with E-state index in [2.05, 4.69) is 21.2 Å². The number of benzene rings is 2. The van der Waals surface area contributed by atoms with Crippen LogP contribution in [0.2, 0.25) is 0 Å². The molecule has 0 saturated carbocycles. The van der Waals surface area contributed by atoms with Crippen LogP contribution in [0.4, 0.5) is 11.4 Å². The Morgan fingerprint density at radius 3 is 2.65 bits per heavy atom. The molecular weight excluding hydrogens is 414 g/mol. The topological polar surface area (TPSA) is 91.6 Å². The lowest BCUT2D eigenvalue weighted by atomic mass is 10.1. The van der Waals surface area contributed by atoms with E-state index < -0.39 is 4.92 Å². The average Bonchev–Trinajstić information content (AvgIpc) is 3.17. The Labute approximate surface area is 184 Å². The largest absolute Gasteiger partial charge is 0.326 e. The summed E-state index contributed by atoms with van der Waals surface area (Å²) in [5, 5.41) is 14.9. The molecule has 1 saturated heterocycles. The van der Waals surface area contributed by atoms with E-state index in [1.165, 1.54) is 16.8 Å². The number of fused-ring (bicyclic) bond motifs is 1. The maximum Gasteiger partial charge on any atom is 0.271 e. The van der Waals surface area contributed by atoms with Gasteiger partial charge in [0.2, 0.25) is 5.91 Å². The molecular formula is C22H25N5O3S. The lowest BCUT2D eigenvalue weighted by Crippen LogP contribution is -2.46. The molecule has 0 unspecified atom stereocenters. The number of para-hydroxylation sites is 1. The van der Waals surface area contributed by atoms with Crippen LogP contribution in [0.1, 0.15) is 17.0 Å². The molecule has 1 fully saturated rings. The van der Waals surface area contributed by atoms with E-state index >= 15 is 0 Å². The van der Waals surface area contributed by atoms with Gasteiger partial charge in [0, 0.05) is 51.3 Å². The zero-order valence-electron chi connectivity index (χ0n) is 17.4. The summed E-state index contributed by atoms with van der Waals surface area (Å²) >= 11 is 1.75. The second kappa shape index (κ2) is 9.51. The van der Waals surface area contributed by atoms with E-state index in [-0.39, 0.29) is 11.6 Å². The van der Waals surface area contributed by atoms with E-state index in [9.17, 15) is 14.9 Å². The van der Waals surface area contributed by atoms with Crippen molar-refractivity contribution in [3.8, 4) is 0 Å². The molecule has 3 aromatic rings. The first-order valence-electron chi connectivity index (χ1n) is 10.3. The molecule has 0 spiro atoms.